The van der Waals surface area contributed by atoms with Gasteiger partial charge in [0.05, 0.1) is 22.6 Å². The molecule has 5 rings (SSSR count). The van der Waals surface area contributed by atoms with Crippen molar-refractivity contribution < 1.29 is 4.42 Å². The number of anilines is 2. The normalized spacial score (nSPS) is 11.6. The molecule has 0 spiro atoms. The molecule has 0 amide bonds. The van der Waals surface area contributed by atoms with Crippen molar-refractivity contribution in [2.24, 2.45) is 0 Å². The van der Waals surface area contributed by atoms with E-state index < -0.39 is 6.04 Å². The number of aromatic nitrogens is 6. The predicted molar refractivity (Wildman–Crippen MR) is 141 cm³/mol. The summed E-state index contributed by atoms with van der Waals surface area (Å²) in [4.78, 5) is 27.5. The van der Waals surface area contributed by atoms with Gasteiger partial charge in [0.25, 0.3) is 11.4 Å². The van der Waals surface area contributed by atoms with Crippen LogP contribution < -0.4 is 16.6 Å². The van der Waals surface area contributed by atoms with E-state index in [1.165, 1.54) is 6.33 Å². The van der Waals surface area contributed by atoms with Crippen LogP contribution in [0.2, 0.25) is 0 Å². The standard InChI is InChI=1S/C27H24N8O2/c1-4-10-17-11-9-14-20-21(17)27(36)35(18-12-7-6-8-13-18)25(32-20)19(5-2)31-24-22(23(28)29-15-30-24)26-34-33-16(3)37-26/h6-9,11-15,19H,5H2,1-3H3,(H3,28,29,30,31). The number of rotatable bonds is 6. The fourth-order valence-electron chi connectivity index (χ4n) is 4.18. The molecule has 1 unspecified atom stereocenters. The van der Waals surface area contributed by atoms with Crippen molar-refractivity contribution in [3.8, 4) is 29.0 Å². The highest BCUT2D eigenvalue weighted by atomic mass is 16.4. The molecule has 3 heterocycles. The SMILES string of the molecule is CC#Cc1cccc2nc(C(CC)Nc3ncnc(N)c3-c3nnc(C)o3)n(-c3ccccc3)c(=O)c12. The molecule has 10 heteroatoms. The van der Waals surface area contributed by atoms with Gasteiger partial charge in [-0.2, -0.15) is 0 Å². The van der Waals surface area contributed by atoms with Gasteiger partial charge in [0, 0.05) is 12.5 Å². The monoisotopic (exact) mass is 492 g/mol. The Morgan fingerprint density at radius 1 is 1.11 bits per heavy atom. The van der Waals surface area contributed by atoms with Crippen LogP contribution in [0.15, 0.2) is 64.1 Å². The maximum Gasteiger partial charge on any atom is 0.267 e. The van der Waals surface area contributed by atoms with Gasteiger partial charge in [-0.15, -0.1) is 16.1 Å². The molecular formula is C27H24N8O2. The minimum atomic E-state index is -0.435. The van der Waals surface area contributed by atoms with Crippen LogP contribution in [-0.4, -0.2) is 29.7 Å². The third-order valence-electron chi connectivity index (χ3n) is 5.84. The summed E-state index contributed by atoms with van der Waals surface area (Å²) >= 11 is 0. The Bertz CT molecular complexity index is 1710. The molecule has 0 aliphatic heterocycles. The van der Waals surface area contributed by atoms with E-state index in [2.05, 4.69) is 37.3 Å². The molecule has 5 aromatic rings. The van der Waals surface area contributed by atoms with Gasteiger partial charge in [-0.25, -0.2) is 15.0 Å². The molecule has 0 bridgehead atoms. The smallest absolute Gasteiger partial charge is 0.267 e. The molecule has 0 saturated carbocycles. The molecule has 3 aromatic heterocycles. The minimum absolute atomic E-state index is 0.186. The number of benzene rings is 2. The Balaban J connectivity index is 1.73. The van der Waals surface area contributed by atoms with Gasteiger partial charge in [0.15, 0.2) is 0 Å². The van der Waals surface area contributed by atoms with Crippen molar-refractivity contribution in [3.63, 3.8) is 0 Å². The zero-order chi connectivity index (χ0) is 25.9. The number of aryl methyl sites for hydroxylation is 1. The summed E-state index contributed by atoms with van der Waals surface area (Å²) in [5.41, 5.74) is 8.23. The second-order valence-corrected chi connectivity index (χ2v) is 8.23. The lowest BCUT2D eigenvalue weighted by atomic mass is 10.1. The molecule has 37 heavy (non-hydrogen) atoms. The van der Waals surface area contributed by atoms with E-state index in [4.69, 9.17) is 15.1 Å². The van der Waals surface area contributed by atoms with Gasteiger partial charge < -0.3 is 15.5 Å². The Labute approximate surface area is 212 Å². The number of fused-ring (bicyclic) bond motifs is 1. The molecule has 0 aliphatic rings. The second-order valence-electron chi connectivity index (χ2n) is 8.23. The lowest BCUT2D eigenvalue weighted by Gasteiger charge is -2.23. The third kappa shape index (κ3) is 4.38. The minimum Gasteiger partial charge on any atom is -0.421 e. The summed E-state index contributed by atoms with van der Waals surface area (Å²) in [6, 6.07) is 14.5. The van der Waals surface area contributed by atoms with Crippen molar-refractivity contribution in [2.75, 3.05) is 11.1 Å². The van der Waals surface area contributed by atoms with Crippen molar-refractivity contribution in [2.45, 2.75) is 33.2 Å². The fraction of sp³-hybridized carbons (Fsp3) is 0.185. The summed E-state index contributed by atoms with van der Waals surface area (Å²) in [6.45, 7) is 5.42. The summed E-state index contributed by atoms with van der Waals surface area (Å²) in [6.07, 6.45) is 1.93. The molecule has 10 nitrogen and oxygen atoms in total. The van der Waals surface area contributed by atoms with Crippen LogP contribution in [0.25, 0.3) is 28.0 Å². The Morgan fingerprint density at radius 2 is 1.92 bits per heavy atom. The van der Waals surface area contributed by atoms with E-state index in [9.17, 15) is 4.79 Å². The highest BCUT2D eigenvalue weighted by molar-refractivity contribution is 5.85. The first-order valence-electron chi connectivity index (χ1n) is 11.7. The number of nitrogens with zero attached hydrogens (tertiary/aromatic N) is 6. The van der Waals surface area contributed by atoms with Gasteiger partial charge in [-0.1, -0.05) is 37.1 Å². The molecule has 0 fully saturated rings. The Morgan fingerprint density at radius 3 is 2.62 bits per heavy atom. The number of hydrogen-bond donors (Lipinski definition) is 2. The fourth-order valence-corrected chi connectivity index (χ4v) is 4.18. The first-order chi connectivity index (χ1) is 18.0. The van der Waals surface area contributed by atoms with Crippen molar-refractivity contribution in [1.29, 1.82) is 0 Å². The maximum atomic E-state index is 14.0. The highest BCUT2D eigenvalue weighted by Gasteiger charge is 2.25. The van der Waals surface area contributed by atoms with Crippen molar-refractivity contribution in [3.05, 3.63) is 82.5 Å². The number of nitrogens with one attached hydrogen (secondary N) is 1. The molecule has 184 valence electrons. The third-order valence-corrected chi connectivity index (χ3v) is 5.84. The van der Waals surface area contributed by atoms with Gasteiger partial charge in [-0.3, -0.25) is 9.36 Å². The Kier molecular flexibility index (Phi) is 6.34. The van der Waals surface area contributed by atoms with Gasteiger partial charge in [0.1, 0.15) is 29.4 Å². The zero-order valence-electron chi connectivity index (χ0n) is 20.6. The van der Waals surface area contributed by atoms with E-state index in [0.717, 1.165) is 0 Å². The summed E-state index contributed by atoms with van der Waals surface area (Å²) < 4.78 is 7.23. The molecular weight excluding hydrogens is 468 g/mol. The largest absolute Gasteiger partial charge is 0.421 e. The molecule has 3 N–H and O–H groups in total. The molecule has 1 atom stereocenters. The summed E-state index contributed by atoms with van der Waals surface area (Å²) in [5.74, 6) is 7.59. The number of nitrogen functional groups attached to an aromatic ring is 1. The quantitative estimate of drug-likeness (QED) is 0.336. The van der Waals surface area contributed by atoms with Crippen molar-refractivity contribution in [1.82, 2.24) is 29.7 Å². The van der Waals surface area contributed by atoms with Gasteiger partial charge >= 0.3 is 0 Å². The predicted octanol–water partition coefficient (Wildman–Crippen LogP) is 4.05. The van der Waals surface area contributed by atoms with Gasteiger partial charge in [0.2, 0.25) is 5.89 Å². The number of nitrogens with two attached hydrogens (primary N) is 1. The van der Waals surface area contributed by atoms with Crippen LogP contribution in [-0.2, 0) is 0 Å². The summed E-state index contributed by atoms with van der Waals surface area (Å²) in [7, 11) is 0. The van der Waals surface area contributed by atoms with Gasteiger partial charge in [-0.05, 0) is 37.6 Å². The molecule has 0 radical (unpaired) electrons. The van der Waals surface area contributed by atoms with Crippen LogP contribution in [0.1, 0.15) is 43.6 Å². The van der Waals surface area contributed by atoms with Crippen LogP contribution >= 0.6 is 0 Å². The van der Waals surface area contributed by atoms with E-state index in [-0.39, 0.29) is 17.3 Å². The maximum absolute atomic E-state index is 14.0. The Hall–Kier alpha value is -5.04. The number of para-hydroxylation sites is 1. The van der Waals surface area contributed by atoms with Crippen molar-refractivity contribution >= 4 is 22.5 Å². The van der Waals surface area contributed by atoms with E-state index >= 15 is 0 Å². The topological polar surface area (TPSA) is 138 Å². The lowest BCUT2D eigenvalue weighted by molar-refractivity contribution is 0.532. The van der Waals surface area contributed by atoms with Crippen LogP contribution in [0, 0.1) is 18.8 Å². The number of hydrogen-bond acceptors (Lipinski definition) is 9. The molecule has 0 aliphatic carbocycles. The average molecular weight is 493 g/mol. The summed E-state index contributed by atoms with van der Waals surface area (Å²) in [5, 5.41) is 11.9. The molecule has 2 aromatic carbocycles. The first-order valence-corrected chi connectivity index (χ1v) is 11.7. The van der Waals surface area contributed by atoms with E-state index in [1.54, 1.807) is 18.4 Å². The second kappa shape index (κ2) is 9.91. The van der Waals surface area contributed by atoms with Crippen LogP contribution in [0.3, 0.4) is 0 Å². The highest BCUT2D eigenvalue weighted by Crippen LogP contribution is 2.33. The lowest BCUT2D eigenvalue weighted by Crippen LogP contribution is -2.29. The van der Waals surface area contributed by atoms with E-state index in [0.29, 0.717) is 51.7 Å². The average Bonchev–Trinajstić information content (AvgIpc) is 3.33. The van der Waals surface area contributed by atoms with E-state index in [1.807, 2.05) is 55.5 Å². The molecule has 0 saturated heterocycles. The van der Waals surface area contributed by atoms with Crippen LogP contribution in [0.4, 0.5) is 11.6 Å². The first kappa shape index (κ1) is 23.7. The zero-order valence-corrected chi connectivity index (χ0v) is 20.6. The van der Waals surface area contributed by atoms with Crippen LogP contribution in [0.5, 0.6) is 0 Å².